The topological polar surface area (TPSA) is 50.1 Å². The van der Waals surface area contributed by atoms with Crippen molar-refractivity contribution in [3.63, 3.8) is 0 Å². The molecule has 0 heterocycles. The molecule has 0 aromatic heterocycles. The molecule has 3 heteroatoms. The fourth-order valence-electron chi connectivity index (χ4n) is 1.66. The molecule has 0 aliphatic carbocycles. The number of nitrogen functional groups attached to an aromatic ring is 1. The van der Waals surface area contributed by atoms with Crippen molar-refractivity contribution in [2.24, 2.45) is 0 Å². The van der Waals surface area contributed by atoms with Crippen LogP contribution in [0.1, 0.15) is 26.7 Å². The van der Waals surface area contributed by atoms with E-state index in [0.29, 0.717) is 6.04 Å². The first-order valence-corrected chi connectivity index (χ1v) is 6.09. The quantitative estimate of drug-likeness (QED) is 0.489. The summed E-state index contributed by atoms with van der Waals surface area (Å²) in [4.78, 5) is 0. The SMILES string of the molecule is CCC(CC)NCCNc1ccc(N)cc1. The number of rotatable bonds is 7. The molecule has 0 radical (unpaired) electrons. The Morgan fingerprint density at radius 2 is 1.69 bits per heavy atom. The van der Waals surface area contributed by atoms with Gasteiger partial charge in [-0.3, -0.25) is 0 Å². The molecule has 1 aromatic carbocycles. The number of hydrogen-bond donors (Lipinski definition) is 3. The van der Waals surface area contributed by atoms with E-state index in [4.69, 9.17) is 5.73 Å². The van der Waals surface area contributed by atoms with Gasteiger partial charge in [0, 0.05) is 30.5 Å². The maximum absolute atomic E-state index is 5.62. The Balaban J connectivity index is 2.18. The molecular weight excluding hydrogens is 198 g/mol. The molecule has 4 N–H and O–H groups in total. The number of nitrogens with one attached hydrogen (secondary N) is 2. The van der Waals surface area contributed by atoms with Crippen LogP contribution in [0.2, 0.25) is 0 Å². The van der Waals surface area contributed by atoms with Crippen molar-refractivity contribution in [3.8, 4) is 0 Å². The molecule has 0 fully saturated rings. The first kappa shape index (κ1) is 12.8. The van der Waals surface area contributed by atoms with Crippen molar-refractivity contribution in [1.29, 1.82) is 0 Å². The third-order valence-corrected chi connectivity index (χ3v) is 2.78. The average molecular weight is 221 g/mol. The van der Waals surface area contributed by atoms with Crippen LogP contribution in [0.25, 0.3) is 0 Å². The van der Waals surface area contributed by atoms with E-state index in [9.17, 15) is 0 Å². The Hall–Kier alpha value is -1.22. The Labute approximate surface area is 98.4 Å². The molecule has 0 spiro atoms. The third-order valence-electron chi connectivity index (χ3n) is 2.78. The fourth-order valence-corrected chi connectivity index (χ4v) is 1.66. The Morgan fingerprint density at radius 3 is 2.25 bits per heavy atom. The molecule has 3 nitrogen and oxygen atoms in total. The van der Waals surface area contributed by atoms with Crippen molar-refractivity contribution in [1.82, 2.24) is 5.32 Å². The van der Waals surface area contributed by atoms with Gasteiger partial charge >= 0.3 is 0 Å². The third kappa shape index (κ3) is 4.53. The molecule has 90 valence electrons. The van der Waals surface area contributed by atoms with E-state index >= 15 is 0 Å². The second kappa shape index (κ2) is 7.12. The van der Waals surface area contributed by atoms with Crippen LogP contribution in [0, 0.1) is 0 Å². The van der Waals surface area contributed by atoms with Crippen molar-refractivity contribution < 1.29 is 0 Å². The average Bonchev–Trinajstić information content (AvgIpc) is 2.32. The minimum atomic E-state index is 0.646. The lowest BCUT2D eigenvalue weighted by Gasteiger charge is -2.15. The molecule has 0 aliphatic heterocycles. The van der Waals surface area contributed by atoms with Gasteiger partial charge in [0.15, 0.2) is 0 Å². The number of anilines is 2. The van der Waals surface area contributed by atoms with Gasteiger partial charge in [0.1, 0.15) is 0 Å². The summed E-state index contributed by atoms with van der Waals surface area (Å²) in [5.74, 6) is 0. The molecule has 1 aromatic rings. The zero-order chi connectivity index (χ0) is 11.8. The molecule has 0 unspecified atom stereocenters. The lowest BCUT2D eigenvalue weighted by Crippen LogP contribution is -2.31. The van der Waals surface area contributed by atoms with Gasteiger partial charge in [-0.2, -0.15) is 0 Å². The zero-order valence-electron chi connectivity index (χ0n) is 10.3. The molecule has 0 amide bonds. The molecule has 0 saturated carbocycles. The van der Waals surface area contributed by atoms with Crippen LogP contribution in [0.3, 0.4) is 0 Å². The highest BCUT2D eigenvalue weighted by molar-refractivity contribution is 5.51. The fraction of sp³-hybridized carbons (Fsp3) is 0.538. The van der Waals surface area contributed by atoms with Gasteiger partial charge in [0.25, 0.3) is 0 Å². The van der Waals surface area contributed by atoms with Gasteiger partial charge < -0.3 is 16.4 Å². The highest BCUT2D eigenvalue weighted by Crippen LogP contribution is 2.09. The normalized spacial score (nSPS) is 10.7. The van der Waals surface area contributed by atoms with E-state index in [1.54, 1.807) is 0 Å². The second-order valence-electron chi connectivity index (χ2n) is 4.02. The van der Waals surface area contributed by atoms with Gasteiger partial charge in [-0.15, -0.1) is 0 Å². The van der Waals surface area contributed by atoms with Crippen molar-refractivity contribution in [2.75, 3.05) is 24.1 Å². The highest BCUT2D eigenvalue weighted by Gasteiger charge is 2.00. The molecule has 0 aliphatic rings. The monoisotopic (exact) mass is 221 g/mol. The summed E-state index contributed by atoms with van der Waals surface area (Å²) in [6, 6.07) is 8.49. The van der Waals surface area contributed by atoms with Gasteiger partial charge in [0.2, 0.25) is 0 Å². The van der Waals surface area contributed by atoms with Crippen LogP contribution >= 0.6 is 0 Å². The minimum Gasteiger partial charge on any atom is -0.399 e. The Bertz CT molecular complexity index is 278. The largest absolute Gasteiger partial charge is 0.399 e. The van der Waals surface area contributed by atoms with E-state index < -0.39 is 0 Å². The van der Waals surface area contributed by atoms with E-state index in [2.05, 4.69) is 24.5 Å². The van der Waals surface area contributed by atoms with Gasteiger partial charge in [-0.1, -0.05) is 13.8 Å². The minimum absolute atomic E-state index is 0.646. The standard InChI is InChI=1S/C13H23N3/c1-3-12(4-2)15-9-10-16-13-7-5-11(14)6-8-13/h5-8,12,15-16H,3-4,9-10,14H2,1-2H3. The van der Waals surface area contributed by atoms with E-state index in [1.165, 1.54) is 12.8 Å². The number of hydrogen-bond acceptors (Lipinski definition) is 3. The predicted octanol–water partition coefficient (Wildman–Crippen LogP) is 2.46. The Kier molecular flexibility index (Phi) is 5.72. The zero-order valence-corrected chi connectivity index (χ0v) is 10.3. The van der Waals surface area contributed by atoms with Crippen molar-refractivity contribution in [2.45, 2.75) is 32.7 Å². The molecule has 0 saturated heterocycles. The summed E-state index contributed by atoms with van der Waals surface area (Å²) in [5.41, 5.74) is 7.55. The lowest BCUT2D eigenvalue weighted by molar-refractivity contribution is 0.494. The van der Waals surface area contributed by atoms with Crippen molar-refractivity contribution >= 4 is 11.4 Å². The number of benzene rings is 1. The number of nitrogens with two attached hydrogens (primary N) is 1. The van der Waals surface area contributed by atoms with E-state index in [-0.39, 0.29) is 0 Å². The van der Waals surface area contributed by atoms with Crippen LogP contribution < -0.4 is 16.4 Å². The summed E-state index contributed by atoms with van der Waals surface area (Å²) >= 11 is 0. The van der Waals surface area contributed by atoms with Gasteiger partial charge in [-0.25, -0.2) is 0 Å². The van der Waals surface area contributed by atoms with Crippen LogP contribution in [0.5, 0.6) is 0 Å². The lowest BCUT2D eigenvalue weighted by atomic mass is 10.2. The summed E-state index contributed by atoms with van der Waals surface area (Å²) in [7, 11) is 0. The summed E-state index contributed by atoms with van der Waals surface area (Å²) < 4.78 is 0. The predicted molar refractivity (Wildman–Crippen MR) is 71.7 cm³/mol. The molecular formula is C13H23N3. The maximum Gasteiger partial charge on any atom is 0.0342 e. The first-order chi connectivity index (χ1) is 7.76. The van der Waals surface area contributed by atoms with Crippen molar-refractivity contribution in [3.05, 3.63) is 24.3 Å². The Morgan fingerprint density at radius 1 is 1.06 bits per heavy atom. The first-order valence-electron chi connectivity index (χ1n) is 6.09. The highest BCUT2D eigenvalue weighted by atomic mass is 15.0. The summed E-state index contributed by atoms with van der Waals surface area (Å²) in [5, 5.41) is 6.87. The van der Waals surface area contributed by atoms with Crippen LogP contribution in [0.4, 0.5) is 11.4 Å². The van der Waals surface area contributed by atoms with Crippen LogP contribution in [-0.2, 0) is 0 Å². The maximum atomic E-state index is 5.62. The smallest absolute Gasteiger partial charge is 0.0342 e. The van der Waals surface area contributed by atoms with E-state index in [0.717, 1.165) is 24.5 Å². The van der Waals surface area contributed by atoms with Crippen LogP contribution in [0.15, 0.2) is 24.3 Å². The van der Waals surface area contributed by atoms with E-state index in [1.807, 2.05) is 24.3 Å². The molecule has 16 heavy (non-hydrogen) atoms. The van der Waals surface area contributed by atoms with Gasteiger partial charge in [0.05, 0.1) is 0 Å². The van der Waals surface area contributed by atoms with Gasteiger partial charge in [-0.05, 0) is 37.1 Å². The molecule has 0 bridgehead atoms. The molecule has 0 atom stereocenters. The molecule has 1 rings (SSSR count). The summed E-state index contributed by atoms with van der Waals surface area (Å²) in [6.07, 6.45) is 2.39. The van der Waals surface area contributed by atoms with Crippen LogP contribution in [-0.4, -0.2) is 19.1 Å². The summed E-state index contributed by atoms with van der Waals surface area (Å²) in [6.45, 7) is 6.38. The second-order valence-corrected chi connectivity index (χ2v) is 4.02.